The van der Waals surface area contributed by atoms with Crippen LogP contribution in [-0.2, 0) is 11.3 Å². The lowest BCUT2D eigenvalue weighted by molar-refractivity contribution is -0.122. The van der Waals surface area contributed by atoms with E-state index in [1.165, 1.54) is 16.7 Å². The molecule has 1 atom stereocenters. The lowest BCUT2D eigenvalue weighted by Crippen LogP contribution is -2.39. The molecule has 0 spiro atoms. The molecule has 1 amide bonds. The Labute approximate surface area is 102 Å². The molecule has 3 heteroatoms. The topological polar surface area (TPSA) is 41.1 Å². The average molecular weight is 230 g/mol. The molecule has 1 fully saturated rings. The summed E-state index contributed by atoms with van der Waals surface area (Å²) in [5.74, 6) is 0.172. The van der Waals surface area contributed by atoms with E-state index in [2.05, 4.69) is 35.8 Å². The number of hydrogen-bond donors (Lipinski definition) is 2. The van der Waals surface area contributed by atoms with Crippen molar-refractivity contribution in [2.75, 3.05) is 6.54 Å². The normalized spacial score (nSPS) is 23.0. The molecule has 1 unspecified atom stereocenters. The van der Waals surface area contributed by atoms with Gasteiger partial charge in [0.15, 0.2) is 0 Å². The van der Waals surface area contributed by atoms with Crippen molar-refractivity contribution in [3.05, 3.63) is 34.9 Å². The number of benzene rings is 1. The van der Waals surface area contributed by atoms with Crippen molar-refractivity contribution in [3.8, 4) is 0 Å². The minimum absolute atomic E-state index is 0.0146. The number of carbonyl (C=O) groups excluding carboxylic acids is 1. The minimum Gasteiger partial charge on any atom is -0.353 e. The zero-order chi connectivity index (χ0) is 11.8. The van der Waals surface area contributed by atoms with E-state index in [-0.39, 0.29) is 11.8 Å². The SMILES string of the molecule is Cc1ccc2c(c1)C(C(=O)NC1CC1)CNC2. The summed E-state index contributed by atoms with van der Waals surface area (Å²) >= 11 is 0. The summed E-state index contributed by atoms with van der Waals surface area (Å²) in [4.78, 5) is 12.2. The van der Waals surface area contributed by atoms with E-state index in [4.69, 9.17) is 0 Å². The highest BCUT2D eigenvalue weighted by atomic mass is 16.2. The molecule has 3 nitrogen and oxygen atoms in total. The molecule has 0 radical (unpaired) electrons. The molecule has 0 saturated heterocycles. The predicted octanol–water partition coefficient (Wildman–Crippen LogP) is 1.46. The van der Waals surface area contributed by atoms with Crippen LogP contribution in [-0.4, -0.2) is 18.5 Å². The van der Waals surface area contributed by atoms with E-state index in [1.807, 2.05) is 0 Å². The Morgan fingerprint density at radius 1 is 1.41 bits per heavy atom. The molecule has 90 valence electrons. The molecule has 1 aromatic rings. The third-order valence-corrected chi connectivity index (χ3v) is 3.58. The van der Waals surface area contributed by atoms with Gasteiger partial charge in [0.05, 0.1) is 5.92 Å². The third kappa shape index (κ3) is 2.20. The zero-order valence-corrected chi connectivity index (χ0v) is 10.1. The molecular formula is C14H18N2O. The number of fused-ring (bicyclic) bond motifs is 1. The second kappa shape index (κ2) is 4.15. The lowest BCUT2D eigenvalue weighted by Gasteiger charge is -2.26. The highest BCUT2D eigenvalue weighted by Crippen LogP contribution is 2.27. The number of rotatable bonds is 2. The summed E-state index contributed by atoms with van der Waals surface area (Å²) in [5, 5.41) is 6.43. The first kappa shape index (κ1) is 10.8. The number of nitrogens with one attached hydrogen (secondary N) is 2. The van der Waals surface area contributed by atoms with E-state index in [0.29, 0.717) is 6.04 Å². The van der Waals surface area contributed by atoms with Crippen molar-refractivity contribution >= 4 is 5.91 Å². The second-order valence-corrected chi connectivity index (χ2v) is 5.17. The fourth-order valence-corrected chi connectivity index (χ4v) is 2.42. The summed E-state index contributed by atoms with van der Waals surface area (Å²) in [5.41, 5.74) is 3.70. The van der Waals surface area contributed by atoms with Gasteiger partial charge in [-0.15, -0.1) is 0 Å². The fourth-order valence-electron chi connectivity index (χ4n) is 2.42. The number of aryl methyl sites for hydroxylation is 1. The van der Waals surface area contributed by atoms with Crippen LogP contribution < -0.4 is 10.6 Å². The smallest absolute Gasteiger partial charge is 0.229 e. The molecule has 2 N–H and O–H groups in total. The first-order chi connectivity index (χ1) is 8.24. The fraction of sp³-hybridized carbons (Fsp3) is 0.500. The second-order valence-electron chi connectivity index (χ2n) is 5.17. The van der Waals surface area contributed by atoms with Gasteiger partial charge in [-0.1, -0.05) is 23.8 Å². The maximum absolute atomic E-state index is 12.2. The maximum Gasteiger partial charge on any atom is 0.229 e. The summed E-state index contributed by atoms with van der Waals surface area (Å²) in [6.07, 6.45) is 2.29. The summed E-state index contributed by atoms with van der Waals surface area (Å²) in [6.45, 7) is 3.72. The van der Waals surface area contributed by atoms with Gasteiger partial charge in [-0.05, 0) is 30.9 Å². The molecule has 0 aromatic heterocycles. The van der Waals surface area contributed by atoms with Gasteiger partial charge in [-0.3, -0.25) is 4.79 Å². The van der Waals surface area contributed by atoms with Gasteiger partial charge in [-0.25, -0.2) is 0 Å². The zero-order valence-electron chi connectivity index (χ0n) is 10.1. The Hall–Kier alpha value is -1.35. The maximum atomic E-state index is 12.2. The number of amides is 1. The van der Waals surface area contributed by atoms with Crippen LogP contribution in [0.15, 0.2) is 18.2 Å². The van der Waals surface area contributed by atoms with Gasteiger partial charge in [0.1, 0.15) is 0 Å². The first-order valence-corrected chi connectivity index (χ1v) is 6.34. The highest BCUT2D eigenvalue weighted by Gasteiger charge is 2.30. The molecule has 2 aliphatic rings. The molecule has 3 rings (SSSR count). The monoisotopic (exact) mass is 230 g/mol. The van der Waals surface area contributed by atoms with Crippen molar-refractivity contribution in [1.82, 2.24) is 10.6 Å². The van der Waals surface area contributed by atoms with Crippen LogP contribution in [0.1, 0.15) is 35.4 Å². The van der Waals surface area contributed by atoms with Crippen molar-refractivity contribution in [1.29, 1.82) is 0 Å². The van der Waals surface area contributed by atoms with E-state index < -0.39 is 0 Å². The third-order valence-electron chi connectivity index (χ3n) is 3.58. The van der Waals surface area contributed by atoms with Crippen LogP contribution in [0.5, 0.6) is 0 Å². The highest BCUT2D eigenvalue weighted by molar-refractivity contribution is 5.85. The van der Waals surface area contributed by atoms with Crippen molar-refractivity contribution < 1.29 is 4.79 Å². The Bertz CT molecular complexity index is 452. The van der Waals surface area contributed by atoms with Gasteiger partial charge >= 0.3 is 0 Å². The van der Waals surface area contributed by atoms with Gasteiger partial charge in [0.2, 0.25) is 5.91 Å². The van der Waals surface area contributed by atoms with Gasteiger partial charge in [0.25, 0.3) is 0 Å². The van der Waals surface area contributed by atoms with Crippen molar-refractivity contribution in [2.24, 2.45) is 0 Å². The number of hydrogen-bond acceptors (Lipinski definition) is 2. The van der Waals surface area contributed by atoms with Crippen LogP contribution in [0.4, 0.5) is 0 Å². The van der Waals surface area contributed by atoms with Crippen LogP contribution in [0.2, 0.25) is 0 Å². The van der Waals surface area contributed by atoms with E-state index in [0.717, 1.165) is 25.9 Å². The Balaban J connectivity index is 1.86. The molecule has 1 aliphatic heterocycles. The molecule has 1 aromatic carbocycles. The first-order valence-electron chi connectivity index (χ1n) is 6.34. The molecule has 17 heavy (non-hydrogen) atoms. The minimum atomic E-state index is -0.0146. The van der Waals surface area contributed by atoms with Crippen LogP contribution in [0.3, 0.4) is 0 Å². The average Bonchev–Trinajstić information content (AvgIpc) is 3.12. The molecule has 1 heterocycles. The molecule has 0 bridgehead atoms. The summed E-state index contributed by atoms with van der Waals surface area (Å²) in [7, 11) is 0. The van der Waals surface area contributed by atoms with Crippen LogP contribution in [0, 0.1) is 6.92 Å². The lowest BCUT2D eigenvalue weighted by atomic mass is 9.89. The largest absolute Gasteiger partial charge is 0.353 e. The number of carbonyl (C=O) groups is 1. The van der Waals surface area contributed by atoms with E-state index >= 15 is 0 Å². The van der Waals surface area contributed by atoms with E-state index in [1.54, 1.807) is 0 Å². The Kier molecular flexibility index (Phi) is 2.63. The Morgan fingerprint density at radius 3 is 3.00 bits per heavy atom. The van der Waals surface area contributed by atoms with E-state index in [9.17, 15) is 4.79 Å². The van der Waals surface area contributed by atoms with Crippen molar-refractivity contribution in [2.45, 2.75) is 38.3 Å². The quantitative estimate of drug-likeness (QED) is 0.807. The summed E-state index contributed by atoms with van der Waals surface area (Å²) in [6, 6.07) is 6.85. The van der Waals surface area contributed by atoms with Gasteiger partial charge in [-0.2, -0.15) is 0 Å². The van der Waals surface area contributed by atoms with Gasteiger partial charge in [0, 0.05) is 19.1 Å². The van der Waals surface area contributed by atoms with Crippen molar-refractivity contribution in [3.63, 3.8) is 0 Å². The predicted molar refractivity (Wildman–Crippen MR) is 66.8 cm³/mol. The molecule has 1 saturated carbocycles. The molecular weight excluding hydrogens is 212 g/mol. The standard InChI is InChI=1S/C14H18N2O/c1-9-2-3-10-7-15-8-13(12(10)6-9)14(17)16-11-4-5-11/h2-3,6,11,13,15H,4-5,7-8H2,1H3,(H,16,17). The van der Waals surface area contributed by atoms with Gasteiger partial charge < -0.3 is 10.6 Å². The van der Waals surface area contributed by atoms with Crippen LogP contribution >= 0.6 is 0 Å². The van der Waals surface area contributed by atoms with Crippen LogP contribution in [0.25, 0.3) is 0 Å². The summed E-state index contributed by atoms with van der Waals surface area (Å²) < 4.78 is 0. The molecule has 1 aliphatic carbocycles. The Morgan fingerprint density at radius 2 is 2.24 bits per heavy atom.